The molecule has 0 radical (unpaired) electrons. The number of hydrogen-bond acceptors (Lipinski definition) is 5. The highest BCUT2D eigenvalue weighted by molar-refractivity contribution is 7.92. The van der Waals surface area contributed by atoms with Gasteiger partial charge in [-0.1, -0.05) is 23.7 Å². The van der Waals surface area contributed by atoms with Gasteiger partial charge in [0, 0.05) is 6.54 Å². The van der Waals surface area contributed by atoms with E-state index in [0.29, 0.717) is 12.4 Å². The Morgan fingerprint density at radius 1 is 1.21 bits per heavy atom. The van der Waals surface area contributed by atoms with Crippen LogP contribution in [0.15, 0.2) is 42.5 Å². The first-order chi connectivity index (χ1) is 13.7. The third kappa shape index (κ3) is 6.01. The highest BCUT2D eigenvalue weighted by atomic mass is 35.5. The van der Waals surface area contributed by atoms with Crippen molar-refractivity contribution in [3.05, 3.63) is 53.1 Å². The normalized spacial score (nSPS) is 12.2. The summed E-state index contributed by atoms with van der Waals surface area (Å²) in [7, 11) is -2.27. The Hall–Kier alpha value is -2.45. The van der Waals surface area contributed by atoms with Crippen LogP contribution in [0.3, 0.4) is 0 Å². The monoisotopic (exact) mass is 440 g/mol. The maximum Gasteiger partial charge on any atom is 0.243 e. The number of carbonyl (C=O) groups is 1. The topological polar surface area (TPSA) is 84.9 Å². The second-order valence-corrected chi connectivity index (χ2v) is 8.62. The van der Waals surface area contributed by atoms with E-state index in [0.717, 1.165) is 21.9 Å². The largest absolute Gasteiger partial charge is 0.495 e. The van der Waals surface area contributed by atoms with E-state index in [1.807, 2.05) is 31.2 Å². The molecule has 7 nitrogen and oxygen atoms in total. The molecule has 0 spiro atoms. The Labute approximate surface area is 176 Å². The number of rotatable bonds is 9. The number of amides is 1. The summed E-state index contributed by atoms with van der Waals surface area (Å²) in [4.78, 5) is 12.7. The quantitative estimate of drug-likeness (QED) is 0.647. The lowest BCUT2D eigenvalue weighted by molar-refractivity contribution is -0.122. The smallest absolute Gasteiger partial charge is 0.243 e. The Morgan fingerprint density at radius 2 is 1.86 bits per heavy atom. The molecule has 2 rings (SSSR count). The molecule has 2 aromatic rings. The highest BCUT2D eigenvalue weighted by Crippen LogP contribution is 2.31. The van der Waals surface area contributed by atoms with Gasteiger partial charge < -0.3 is 14.8 Å². The van der Waals surface area contributed by atoms with Crippen LogP contribution in [0.25, 0.3) is 0 Å². The fourth-order valence-electron chi connectivity index (χ4n) is 2.81. The summed E-state index contributed by atoms with van der Waals surface area (Å²) in [5.41, 5.74) is 1.15. The van der Waals surface area contributed by atoms with Gasteiger partial charge in [0.2, 0.25) is 15.9 Å². The van der Waals surface area contributed by atoms with Gasteiger partial charge in [-0.3, -0.25) is 9.10 Å². The number of hydrogen-bond donors (Lipinski definition) is 1. The zero-order chi connectivity index (χ0) is 21.6. The molecule has 0 unspecified atom stereocenters. The molecular weight excluding hydrogens is 416 g/mol. The first-order valence-corrected chi connectivity index (χ1v) is 11.2. The molecule has 0 bridgehead atoms. The first kappa shape index (κ1) is 22.8. The molecule has 0 aliphatic carbocycles. The number of nitrogens with zero attached hydrogens (tertiary/aromatic N) is 1. The average Bonchev–Trinajstić information content (AvgIpc) is 2.66. The fourth-order valence-corrected chi connectivity index (χ4v) is 4.23. The molecule has 0 aliphatic rings. The van der Waals surface area contributed by atoms with E-state index in [1.54, 1.807) is 12.1 Å². The molecule has 158 valence electrons. The van der Waals surface area contributed by atoms with Crippen LogP contribution in [-0.2, 0) is 21.4 Å². The molecule has 1 atom stereocenters. The number of halogens is 1. The van der Waals surface area contributed by atoms with Gasteiger partial charge in [0.15, 0.2) is 0 Å². The summed E-state index contributed by atoms with van der Waals surface area (Å²) in [6.45, 7) is 4.26. The molecule has 1 N–H and O–H groups in total. The van der Waals surface area contributed by atoms with Crippen LogP contribution < -0.4 is 19.1 Å². The second kappa shape index (κ2) is 9.84. The summed E-state index contributed by atoms with van der Waals surface area (Å²) in [6.07, 6.45) is 1.04. The number of sulfonamides is 1. The van der Waals surface area contributed by atoms with Crippen molar-refractivity contribution in [2.75, 3.05) is 24.3 Å². The number of methoxy groups -OCH3 is 1. The molecule has 0 fully saturated rings. The number of benzene rings is 2. The zero-order valence-electron chi connectivity index (χ0n) is 16.8. The Kier molecular flexibility index (Phi) is 7.75. The minimum Gasteiger partial charge on any atom is -0.495 e. The number of carbonyl (C=O) groups excluding carboxylic acids is 1. The predicted molar refractivity (Wildman–Crippen MR) is 114 cm³/mol. The lowest BCUT2D eigenvalue weighted by atomic mass is 10.2. The van der Waals surface area contributed by atoms with Crippen LogP contribution in [0, 0.1) is 0 Å². The van der Waals surface area contributed by atoms with Crippen LogP contribution >= 0.6 is 11.6 Å². The van der Waals surface area contributed by atoms with Crippen molar-refractivity contribution >= 4 is 33.2 Å². The van der Waals surface area contributed by atoms with Crippen molar-refractivity contribution in [1.29, 1.82) is 0 Å². The SMILES string of the molecule is CCOc1ccc(CNC(=O)[C@H](C)N(c2ccc(OC)c(Cl)c2)S(C)(=O)=O)cc1. The van der Waals surface area contributed by atoms with Crippen LogP contribution in [0.5, 0.6) is 11.5 Å². The molecule has 1 amide bonds. The van der Waals surface area contributed by atoms with E-state index < -0.39 is 22.0 Å². The second-order valence-electron chi connectivity index (χ2n) is 6.35. The summed E-state index contributed by atoms with van der Waals surface area (Å²) >= 11 is 6.13. The molecule has 0 heterocycles. The van der Waals surface area contributed by atoms with Crippen LogP contribution in [0.2, 0.25) is 5.02 Å². The Balaban J connectivity index is 2.15. The van der Waals surface area contributed by atoms with E-state index in [9.17, 15) is 13.2 Å². The van der Waals surface area contributed by atoms with Crippen LogP contribution in [0.4, 0.5) is 5.69 Å². The van der Waals surface area contributed by atoms with Crippen molar-refractivity contribution in [2.45, 2.75) is 26.4 Å². The van der Waals surface area contributed by atoms with Gasteiger partial charge in [-0.15, -0.1) is 0 Å². The molecule has 29 heavy (non-hydrogen) atoms. The van der Waals surface area contributed by atoms with Crippen LogP contribution in [-0.4, -0.2) is 40.3 Å². The van der Waals surface area contributed by atoms with Gasteiger partial charge in [-0.05, 0) is 49.7 Å². The summed E-state index contributed by atoms with van der Waals surface area (Å²) in [5.74, 6) is 0.725. The van der Waals surface area contributed by atoms with Crippen molar-refractivity contribution in [3.63, 3.8) is 0 Å². The van der Waals surface area contributed by atoms with E-state index in [-0.39, 0.29) is 17.3 Å². The summed E-state index contributed by atoms with van der Waals surface area (Å²) < 4.78 is 36.3. The van der Waals surface area contributed by atoms with Crippen molar-refractivity contribution < 1.29 is 22.7 Å². The average molecular weight is 441 g/mol. The van der Waals surface area contributed by atoms with E-state index >= 15 is 0 Å². The van der Waals surface area contributed by atoms with Gasteiger partial charge in [-0.2, -0.15) is 0 Å². The van der Waals surface area contributed by atoms with Gasteiger partial charge >= 0.3 is 0 Å². The van der Waals surface area contributed by atoms with Gasteiger partial charge in [-0.25, -0.2) is 8.42 Å². The number of anilines is 1. The van der Waals surface area contributed by atoms with E-state index in [4.69, 9.17) is 21.1 Å². The molecule has 9 heteroatoms. The first-order valence-electron chi connectivity index (χ1n) is 8.99. The predicted octanol–water partition coefficient (Wildman–Crippen LogP) is 3.22. The Bertz CT molecular complexity index is 948. The van der Waals surface area contributed by atoms with Crippen molar-refractivity contribution in [3.8, 4) is 11.5 Å². The highest BCUT2D eigenvalue weighted by Gasteiger charge is 2.29. The summed E-state index contributed by atoms with van der Waals surface area (Å²) in [6, 6.07) is 10.9. The fraction of sp³-hybridized carbons (Fsp3) is 0.350. The maximum atomic E-state index is 12.7. The van der Waals surface area contributed by atoms with Crippen LogP contribution in [0.1, 0.15) is 19.4 Å². The minimum absolute atomic E-state index is 0.251. The van der Waals surface area contributed by atoms with E-state index in [2.05, 4.69) is 5.32 Å². The molecule has 0 saturated heterocycles. The third-order valence-corrected chi connectivity index (χ3v) is 5.72. The van der Waals surface area contributed by atoms with Crippen molar-refractivity contribution in [2.24, 2.45) is 0 Å². The van der Waals surface area contributed by atoms with Gasteiger partial charge in [0.25, 0.3) is 0 Å². The maximum absolute atomic E-state index is 12.7. The lowest BCUT2D eigenvalue weighted by Crippen LogP contribution is -2.47. The van der Waals surface area contributed by atoms with Gasteiger partial charge in [0.1, 0.15) is 17.5 Å². The molecular formula is C20H25ClN2O5S. The standard InChI is InChI=1S/C20H25ClN2O5S/c1-5-28-17-9-6-15(7-10-17)13-22-20(24)14(2)23(29(4,25)26)16-8-11-19(27-3)18(21)12-16/h6-12,14H,5,13H2,1-4H3,(H,22,24)/t14-/m0/s1. The molecule has 0 aromatic heterocycles. The van der Waals surface area contributed by atoms with Crippen molar-refractivity contribution in [1.82, 2.24) is 5.32 Å². The number of nitrogens with one attached hydrogen (secondary N) is 1. The molecule has 2 aromatic carbocycles. The zero-order valence-corrected chi connectivity index (χ0v) is 18.4. The molecule has 0 aliphatic heterocycles. The number of ether oxygens (including phenoxy) is 2. The summed E-state index contributed by atoms with van der Waals surface area (Å²) in [5, 5.41) is 3.02. The third-order valence-electron chi connectivity index (χ3n) is 4.18. The Morgan fingerprint density at radius 3 is 2.38 bits per heavy atom. The van der Waals surface area contributed by atoms with E-state index in [1.165, 1.54) is 20.1 Å². The molecule has 0 saturated carbocycles. The minimum atomic E-state index is -3.74. The lowest BCUT2D eigenvalue weighted by Gasteiger charge is -2.28. The van der Waals surface area contributed by atoms with Gasteiger partial charge in [0.05, 0.1) is 30.7 Å².